The van der Waals surface area contributed by atoms with Gasteiger partial charge in [0.05, 0.1) is 5.54 Å². The van der Waals surface area contributed by atoms with Gasteiger partial charge < -0.3 is 10.6 Å². The topological polar surface area (TPSA) is 29.3 Å². The molecule has 2 nitrogen and oxygen atoms in total. The van der Waals surface area contributed by atoms with Crippen LogP contribution in [0.25, 0.3) is 0 Å². The van der Waals surface area contributed by atoms with Crippen molar-refractivity contribution in [1.82, 2.24) is 4.90 Å². The smallest absolute Gasteiger partial charge is 0.0565 e. The van der Waals surface area contributed by atoms with Gasteiger partial charge in [-0.3, -0.25) is 0 Å². The van der Waals surface area contributed by atoms with Crippen molar-refractivity contribution in [2.75, 3.05) is 20.1 Å². The maximum absolute atomic E-state index is 6.35. The molecule has 1 unspecified atom stereocenters. The summed E-state index contributed by atoms with van der Waals surface area (Å²) in [5.74, 6) is 0. The number of halogens is 1. The summed E-state index contributed by atoms with van der Waals surface area (Å²) in [5.41, 5.74) is 7.16. The first-order valence-electron chi connectivity index (χ1n) is 4.84. The Hall–Kier alpha value is -0.570. The summed E-state index contributed by atoms with van der Waals surface area (Å²) in [7, 11) is 2.09. The lowest BCUT2D eigenvalue weighted by molar-refractivity contribution is 0.373. The summed E-state index contributed by atoms with van der Waals surface area (Å²) in [4.78, 5) is 2.24. The second-order valence-electron chi connectivity index (χ2n) is 4.12. The van der Waals surface area contributed by atoms with Crippen LogP contribution in [0.2, 0.25) is 5.02 Å². The minimum absolute atomic E-state index is 0.257. The van der Waals surface area contributed by atoms with E-state index in [9.17, 15) is 0 Å². The molecule has 0 radical (unpaired) electrons. The van der Waals surface area contributed by atoms with Gasteiger partial charge in [0, 0.05) is 18.1 Å². The Bertz CT molecular complexity index is 340. The molecule has 1 atom stereocenters. The molecule has 3 heteroatoms. The van der Waals surface area contributed by atoms with Crippen LogP contribution in [0.3, 0.4) is 0 Å². The number of likely N-dealkylation sites (tertiary alicyclic amines) is 1. The zero-order valence-electron chi connectivity index (χ0n) is 8.33. The van der Waals surface area contributed by atoms with E-state index in [4.69, 9.17) is 17.3 Å². The van der Waals surface area contributed by atoms with E-state index in [0.717, 1.165) is 30.1 Å². The van der Waals surface area contributed by atoms with Crippen LogP contribution in [0.1, 0.15) is 12.0 Å². The Balaban J connectivity index is 2.35. The maximum atomic E-state index is 6.35. The Morgan fingerprint density at radius 2 is 2.14 bits per heavy atom. The quantitative estimate of drug-likeness (QED) is 0.767. The summed E-state index contributed by atoms with van der Waals surface area (Å²) < 4.78 is 0. The molecule has 2 rings (SSSR count). The fraction of sp³-hybridized carbons (Fsp3) is 0.455. The fourth-order valence-electron chi connectivity index (χ4n) is 2.11. The Morgan fingerprint density at radius 1 is 1.43 bits per heavy atom. The van der Waals surface area contributed by atoms with Crippen molar-refractivity contribution in [3.63, 3.8) is 0 Å². The van der Waals surface area contributed by atoms with E-state index in [1.165, 1.54) is 0 Å². The van der Waals surface area contributed by atoms with E-state index in [1.54, 1.807) is 0 Å². The van der Waals surface area contributed by atoms with Crippen LogP contribution >= 0.6 is 11.6 Å². The highest BCUT2D eigenvalue weighted by Gasteiger charge is 2.35. The normalized spacial score (nSPS) is 28.2. The van der Waals surface area contributed by atoms with Gasteiger partial charge in [-0.1, -0.05) is 29.8 Å². The fourth-order valence-corrected chi connectivity index (χ4v) is 2.44. The zero-order valence-corrected chi connectivity index (χ0v) is 9.09. The predicted octanol–water partition coefficient (Wildman–Crippen LogP) is 1.83. The van der Waals surface area contributed by atoms with Gasteiger partial charge in [-0.25, -0.2) is 0 Å². The number of likely N-dealkylation sites (N-methyl/N-ethyl adjacent to an activating group) is 1. The largest absolute Gasteiger partial charge is 0.320 e. The monoisotopic (exact) mass is 210 g/mol. The van der Waals surface area contributed by atoms with E-state index in [2.05, 4.69) is 11.9 Å². The standard InChI is InChI=1S/C11H15ClN2/c1-14-7-6-11(13,8-14)9-4-2-3-5-10(9)12/h2-5H,6-8,13H2,1H3. The van der Waals surface area contributed by atoms with Gasteiger partial charge in [0.15, 0.2) is 0 Å². The predicted molar refractivity (Wildman–Crippen MR) is 59.4 cm³/mol. The molecule has 0 amide bonds. The molecule has 0 bridgehead atoms. The highest BCUT2D eigenvalue weighted by atomic mass is 35.5. The van der Waals surface area contributed by atoms with E-state index in [1.807, 2.05) is 24.3 Å². The van der Waals surface area contributed by atoms with Crippen LogP contribution in [-0.4, -0.2) is 25.0 Å². The summed E-state index contributed by atoms with van der Waals surface area (Å²) in [6.07, 6.45) is 0.979. The zero-order chi connectivity index (χ0) is 10.2. The van der Waals surface area contributed by atoms with Crippen LogP contribution in [0.5, 0.6) is 0 Å². The molecule has 1 aliphatic heterocycles. The summed E-state index contributed by atoms with van der Waals surface area (Å²) in [5, 5.41) is 0.783. The Labute approximate surface area is 89.7 Å². The van der Waals surface area contributed by atoms with E-state index >= 15 is 0 Å². The maximum Gasteiger partial charge on any atom is 0.0565 e. The van der Waals surface area contributed by atoms with Gasteiger partial charge in [-0.05, 0) is 25.1 Å². The number of nitrogens with two attached hydrogens (primary N) is 1. The van der Waals surface area contributed by atoms with Crippen molar-refractivity contribution >= 4 is 11.6 Å². The second-order valence-corrected chi connectivity index (χ2v) is 4.53. The summed E-state index contributed by atoms with van der Waals surface area (Å²) in [6, 6.07) is 7.87. The van der Waals surface area contributed by atoms with E-state index in [-0.39, 0.29) is 5.54 Å². The highest BCUT2D eigenvalue weighted by molar-refractivity contribution is 6.31. The van der Waals surface area contributed by atoms with Crippen molar-refractivity contribution in [3.05, 3.63) is 34.9 Å². The Kier molecular flexibility index (Phi) is 2.52. The number of hydrogen-bond acceptors (Lipinski definition) is 2. The van der Waals surface area contributed by atoms with Crippen LogP contribution in [0, 0.1) is 0 Å². The van der Waals surface area contributed by atoms with Crippen molar-refractivity contribution < 1.29 is 0 Å². The average molecular weight is 211 g/mol. The molecule has 0 saturated carbocycles. The Morgan fingerprint density at radius 3 is 2.71 bits per heavy atom. The lowest BCUT2D eigenvalue weighted by Crippen LogP contribution is -2.39. The first-order chi connectivity index (χ1) is 6.62. The minimum atomic E-state index is -0.257. The first kappa shape index (κ1) is 9.97. The van der Waals surface area contributed by atoms with Crippen LogP contribution in [-0.2, 0) is 5.54 Å². The third-order valence-corrected chi connectivity index (χ3v) is 3.23. The van der Waals surface area contributed by atoms with E-state index in [0.29, 0.717) is 0 Å². The molecule has 1 aliphatic rings. The number of rotatable bonds is 1. The lowest BCUT2D eigenvalue weighted by Gasteiger charge is -2.25. The first-order valence-corrected chi connectivity index (χ1v) is 5.22. The van der Waals surface area contributed by atoms with Gasteiger partial charge >= 0.3 is 0 Å². The van der Waals surface area contributed by atoms with Gasteiger partial charge in [0.25, 0.3) is 0 Å². The molecular weight excluding hydrogens is 196 g/mol. The van der Waals surface area contributed by atoms with Gasteiger partial charge in [0.2, 0.25) is 0 Å². The van der Waals surface area contributed by atoms with Crippen molar-refractivity contribution in [2.45, 2.75) is 12.0 Å². The molecule has 0 aliphatic carbocycles. The van der Waals surface area contributed by atoms with Gasteiger partial charge in [-0.2, -0.15) is 0 Å². The highest BCUT2D eigenvalue weighted by Crippen LogP contribution is 2.32. The number of hydrogen-bond donors (Lipinski definition) is 1. The van der Waals surface area contributed by atoms with Crippen LogP contribution in [0.4, 0.5) is 0 Å². The molecular formula is C11H15ClN2. The molecule has 0 spiro atoms. The average Bonchev–Trinajstić information content (AvgIpc) is 2.48. The van der Waals surface area contributed by atoms with Crippen molar-refractivity contribution in [1.29, 1.82) is 0 Å². The molecule has 14 heavy (non-hydrogen) atoms. The number of nitrogens with zero attached hydrogens (tertiary/aromatic N) is 1. The van der Waals surface area contributed by atoms with Gasteiger partial charge in [-0.15, -0.1) is 0 Å². The minimum Gasteiger partial charge on any atom is -0.320 e. The van der Waals surface area contributed by atoms with Crippen LogP contribution in [0.15, 0.2) is 24.3 Å². The van der Waals surface area contributed by atoms with E-state index < -0.39 is 0 Å². The number of benzene rings is 1. The third-order valence-electron chi connectivity index (χ3n) is 2.90. The third kappa shape index (κ3) is 1.65. The molecule has 2 N–H and O–H groups in total. The molecule has 0 aromatic heterocycles. The molecule has 1 saturated heterocycles. The SMILES string of the molecule is CN1CCC(N)(c2ccccc2Cl)C1. The molecule has 1 aromatic carbocycles. The molecule has 1 fully saturated rings. The lowest BCUT2D eigenvalue weighted by atomic mass is 9.90. The molecule has 1 heterocycles. The summed E-state index contributed by atoms with van der Waals surface area (Å²) >= 11 is 6.14. The molecule has 1 aromatic rings. The van der Waals surface area contributed by atoms with Gasteiger partial charge in [0.1, 0.15) is 0 Å². The van der Waals surface area contributed by atoms with Crippen LogP contribution < -0.4 is 5.73 Å². The second kappa shape index (κ2) is 3.54. The molecule has 76 valence electrons. The summed E-state index contributed by atoms with van der Waals surface area (Å²) in [6.45, 7) is 1.93. The van der Waals surface area contributed by atoms with Crippen molar-refractivity contribution in [3.8, 4) is 0 Å². The van der Waals surface area contributed by atoms with Crippen molar-refractivity contribution in [2.24, 2.45) is 5.73 Å².